The lowest BCUT2D eigenvalue weighted by molar-refractivity contribution is -0.121. The number of aromatic nitrogens is 2. The number of carbonyl (C=O) groups is 1. The van der Waals surface area contributed by atoms with Crippen LogP contribution in [-0.2, 0) is 4.79 Å². The number of hydrogen-bond donors (Lipinski definition) is 1. The van der Waals surface area contributed by atoms with Crippen LogP contribution >= 0.6 is 11.8 Å². The molecule has 0 spiro atoms. The summed E-state index contributed by atoms with van der Waals surface area (Å²) in [6, 6.07) is 14.8. The third-order valence-corrected chi connectivity index (χ3v) is 8.57. The number of methoxy groups -OCH3 is 1. The Morgan fingerprint density at radius 3 is 2.71 bits per heavy atom. The molecule has 34 heavy (non-hydrogen) atoms. The Bertz CT molecular complexity index is 1270. The molecule has 3 aromatic rings. The van der Waals surface area contributed by atoms with Gasteiger partial charge in [-0.25, -0.2) is 4.98 Å². The Kier molecular flexibility index (Phi) is 6.38. The van der Waals surface area contributed by atoms with Gasteiger partial charge in [-0.1, -0.05) is 36.4 Å². The molecule has 1 amide bonds. The predicted octanol–water partition coefficient (Wildman–Crippen LogP) is 4.82. The standard InChI is InChI=1S/C27H31N3O3S/c1-16(23-14-18-11-12-19(23)13-18)28-25(31)17(2)34-27-29-24-10-5-4-9-22(24)26(32)30(27)20-7-6-8-21(15-20)33-3/h4-10,15-19,23H,11-14H2,1-3H3,(H,28,31). The number of para-hydroxylation sites is 1. The molecule has 2 saturated carbocycles. The van der Waals surface area contributed by atoms with Crippen molar-refractivity contribution in [2.24, 2.45) is 17.8 Å². The highest BCUT2D eigenvalue weighted by atomic mass is 32.2. The summed E-state index contributed by atoms with van der Waals surface area (Å²) in [5, 5.41) is 3.90. The molecule has 6 nitrogen and oxygen atoms in total. The van der Waals surface area contributed by atoms with Crippen LogP contribution in [0, 0.1) is 17.8 Å². The molecule has 2 aliphatic rings. The van der Waals surface area contributed by atoms with Crippen molar-refractivity contribution in [2.75, 3.05) is 7.11 Å². The largest absolute Gasteiger partial charge is 0.497 e. The van der Waals surface area contributed by atoms with Crippen LogP contribution in [0.1, 0.15) is 39.5 Å². The van der Waals surface area contributed by atoms with E-state index in [0.717, 1.165) is 11.8 Å². The molecule has 2 bridgehead atoms. The van der Waals surface area contributed by atoms with Crippen molar-refractivity contribution in [1.82, 2.24) is 14.9 Å². The second kappa shape index (κ2) is 9.45. The molecule has 2 fully saturated rings. The Morgan fingerprint density at radius 2 is 1.97 bits per heavy atom. The third-order valence-electron chi connectivity index (χ3n) is 7.51. The molecule has 5 unspecified atom stereocenters. The zero-order chi connectivity index (χ0) is 23.8. The molecule has 5 atom stereocenters. The third kappa shape index (κ3) is 4.33. The Hall–Kier alpha value is -2.80. The molecule has 7 heteroatoms. The number of carbonyl (C=O) groups excluding carboxylic acids is 1. The van der Waals surface area contributed by atoms with Crippen molar-refractivity contribution in [3.05, 3.63) is 58.9 Å². The number of nitrogens with zero attached hydrogens (tertiary/aromatic N) is 2. The van der Waals surface area contributed by atoms with Gasteiger partial charge in [0.25, 0.3) is 5.56 Å². The van der Waals surface area contributed by atoms with Crippen LogP contribution in [0.2, 0.25) is 0 Å². The fourth-order valence-electron chi connectivity index (χ4n) is 5.74. The fraction of sp³-hybridized carbons (Fsp3) is 0.444. The van der Waals surface area contributed by atoms with Crippen LogP contribution in [0.4, 0.5) is 0 Å². The van der Waals surface area contributed by atoms with Crippen LogP contribution in [0.15, 0.2) is 58.5 Å². The van der Waals surface area contributed by atoms with E-state index in [-0.39, 0.29) is 17.5 Å². The quantitative estimate of drug-likeness (QED) is 0.390. The summed E-state index contributed by atoms with van der Waals surface area (Å²) in [4.78, 5) is 31.4. The number of amides is 1. The molecule has 0 saturated heterocycles. The highest BCUT2D eigenvalue weighted by Crippen LogP contribution is 2.49. The SMILES string of the molecule is COc1cccc(-n2c(SC(C)C(=O)NC(C)C3CC4CCC3C4)nc3ccccc3c2=O)c1. The van der Waals surface area contributed by atoms with Crippen molar-refractivity contribution in [3.63, 3.8) is 0 Å². The van der Waals surface area contributed by atoms with Gasteiger partial charge >= 0.3 is 0 Å². The molecule has 178 valence electrons. The van der Waals surface area contributed by atoms with Gasteiger partial charge in [0.1, 0.15) is 5.75 Å². The van der Waals surface area contributed by atoms with Crippen LogP contribution in [-0.4, -0.2) is 33.9 Å². The number of rotatable bonds is 7. The lowest BCUT2D eigenvalue weighted by atomic mass is 9.84. The van der Waals surface area contributed by atoms with E-state index in [1.165, 1.54) is 37.4 Å². The summed E-state index contributed by atoms with van der Waals surface area (Å²) in [5.74, 6) is 2.82. The monoisotopic (exact) mass is 477 g/mol. The highest BCUT2D eigenvalue weighted by Gasteiger charge is 2.42. The van der Waals surface area contributed by atoms with Gasteiger partial charge in [-0.15, -0.1) is 0 Å². The van der Waals surface area contributed by atoms with E-state index in [0.29, 0.717) is 33.4 Å². The summed E-state index contributed by atoms with van der Waals surface area (Å²) in [6.07, 6.45) is 5.20. The minimum absolute atomic E-state index is 0.0140. The van der Waals surface area contributed by atoms with Gasteiger partial charge in [0.05, 0.1) is 29.0 Å². The van der Waals surface area contributed by atoms with Crippen LogP contribution in [0.5, 0.6) is 5.75 Å². The Morgan fingerprint density at radius 1 is 1.15 bits per heavy atom. The van der Waals surface area contributed by atoms with E-state index in [2.05, 4.69) is 12.2 Å². The average Bonchev–Trinajstić information content (AvgIpc) is 3.48. The van der Waals surface area contributed by atoms with E-state index < -0.39 is 5.25 Å². The zero-order valence-electron chi connectivity index (χ0n) is 19.9. The van der Waals surface area contributed by atoms with Crippen LogP contribution in [0.25, 0.3) is 16.6 Å². The van der Waals surface area contributed by atoms with Gasteiger partial charge in [-0.3, -0.25) is 14.2 Å². The maximum Gasteiger partial charge on any atom is 0.266 e. The normalized spacial score (nSPS) is 23.1. The number of ether oxygens (including phenoxy) is 1. The first-order valence-corrected chi connectivity index (χ1v) is 13.0. The molecule has 2 aliphatic carbocycles. The van der Waals surface area contributed by atoms with Gasteiger partial charge in [-0.05, 0) is 75.1 Å². The second-order valence-corrected chi connectivity index (χ2v) is 11.0. The molecule has 0 aliphatic heterocycles. The van der Waals surface area contributed by atoms with Gasteiger partial charge < -0.3 is 10.1 Å². The molecule has 1 N–H and O–H groups in total. The molecule has 1 heterocycles. The molecule has 2 aromatic carbocycles. The minimum atomic E-state index is -0.397. The van der Waals surface area contributed by atoms with Crippen molar-refractivity contribution >= 4 is 28.6 Å². The topological polar surface area (TPSA) is 73.2 Å². The average molecular weight is 478 g/mol. The van der Waals surface area contributed by atoms with Gasteiger partial charge in [0, 0.05) is 12.1 Å². The summed E-state index contributed by atoms with van der Waals surface area (Å²) < 4.78 is 6.95. The predicted molar refractivity (Wildman–Crippen MR) is 136 cm³/mol. The van der Waals surface area contributed by atoms with Gasteiger partial charge in [0.2, 0.25) is 5.91 Å². The lowest BCUT2D eigenvalue weighted by Gasteiger charge is -2.29. The lowest BCUT2D eigenvalue weighted by Crippen LogP contribution is -2.43. The van der Waals surface area contributed by atoms with Crippen molar-refractivity contribution in [1.29, 1.82) is 0 Å². The first kappa shape index (κ1) is 23.0. The van der Waals surface area contributed by atoms with E-state index in [1.807, 2.05) is 49.4 Å². The summed E-state index contributed by atoms with van der Waals surface area (Å²) >= 11 is 1.31. The van der Waals surface area contributed by atoms with Crippen molar-refractivity contribution in [3.8, 4) is 11.4 Å². The Balaban J connectivity index is 1.43. The van der Waals surface area contributed by atoms with Crippen molar-refractivity contribution in [2.45, 2.75) is 56.0 Å². The number of benzene rings is 2. The van der Waals surface area contributed by atoms with Crippen LogP contribution < -0.4 is 15.6 Å². The Labute approximate surface area is 204 Å². The number of thioether (sulfide) groups is 1. The number of hydrogen-bond acceptors (Lipinski definition) is 5. The molecule has 5 rings (SSSR count). The van der Waals surface area contributed by atoms with E-state index in [1.54, 1.807) is 17.7 Å². The fourth-order valence-corrected chi connectivity index (χ4v) is 6.67. The number of fused-ring (bicyclic) bond motifs is 3. The maximum absolute atomic E-state index is 13.5. The smallest absolute Gasteiger partial charge is 0.266 e. The summed E-state index contributed by atoms with van der Waals surface area (Å²) in [7, 11) is 1.60. The zero-order valence-corrected chi connectivity index (χ0v) is 20.7. The van der Waals surface area contributed by atoms with E-state index >= 15 is 0 Å². The molecular weight excluding hydrogens is 446 g/mol. The first-order valence-electron chi connectivity index (χ1n) is 12.1. The van der Waals surface area contributed by atoms with Gasteiger partial charge in [0.15, 0.2) is 5.16 Å². The summed E-state index contributed by atoms with van der Waals surface area (Å²) in [6.45, 7) is 4.02. The van der Waals surface area contributed by atoms with E-state index in [4.69, 9.17) is 9.72 Å². The van der Waals surface area contributed by atoms with Crippen LogP contribution in [0.3, 0.4) is 0 Å². The van der Waals surface area contributed by atoms with Gasteiger partial charge in [-0.2, -0.15) is 0 Å². The van der Waals surface area contributed by atoms with Crippen molar-refractivity contribution < 1.29 is 9.53 Å². The van der Waals surface area contributed by atoms with E-state index in [9.17, 15) is 9.59 Å². The summed E-state index contributed by atoms with van der Waals surface area (Å²) in [5.41, 5.74) is 1.12. The minimum Gasteiger partial charge on any atom is -0.497 e. The maximum atomic E-state index is 13.5. The highest BCUT2D eigenvalue weighted by molar-refractivity contribution is 8.00. The molecule has 1 aromatic heterocycles. The second-order valence-electron chi connectivity index (χ2n) is 9.65. The molecule has 0 radical (unpaired) electrons. The first-order chi connectivity index (χ1) is 16.4. The molecular formula is C27H31N3O3S. The number of nitrogens with one attached hydrogen (secondary N) is 1.